The van der Waals surface area contributed by atoms with Crippen molar-refractivity contribution in [2.45, 2.75) is 6.54 Å². The molecule has 0 bridgehead atoms. The second-order valence-electron chi connectivity index (χ2n) is 4.28. The van der Waals surface area contributed by atoms with E-state index in [2.05, 4.69) is 0 Å². The van der Waals surface area contributed by atoms with Gasteiger partial charge in [-0.25, -0.2) is 4.79 Å². The number of aromatic carboxylic acids is 1. The number of rotatable bonds is 4. The van der Waals surface area contributed by atoms with Gasteiger partial charge in [-0.1, -0.05) is 6.07 Å². The predicted molar refractivity (Wildman–Crippen MR) is 66.3 cm³/mol. The van der Waals surface area contributed by atoms with Crippen molar-refractivity contribution in [1.82, 2.24) is 4.90 Å². The topological polar surface area (TPSA) is 110 Å². The Balaban J connectivity index is 2.25. The SMILES string of the molecule is O=C(O)c1cc(CN2CCOCC2=O)ccc1[N+](=O)[O-]. The minimum Gasteiger partial charge on any atom is -0.477 e. The Morgan fingerprint density at radius 3 is 2.85 bits per heavy atom. The zero-order valence-electron chi connectivity index (χ0n) is 10.4. The summed E-state index contributed by atoms with van der Waals surface area (Å²) >= 11 is 0. The molecule has 8 heteroatoms. The van der Waals surface area contributed by atoms with Gasteiger partial charge in [0.2, 0.25) is 5.91 Å². The van der Waals surface area contributed by atoms with Crippen molar-refractivity contribution in [3.05, 3.63) is 39.4 Å². The molecule has 1 heterocycles. The molecule has 0 atom stereocenters. The van der Waals surface area contributed by atoms with Crippen LogP contribution in [0.4, 0.5) is 5.69 Å². The zero-order valence-corrected chi connectivity index (χ0v) is 10.4. The summed E-state index contributed by atoms with van der Waals surface area (Å²) in [5, 5.41) is 19.7. The molecule has 106 valence electrons. The third-order valence-corrected chi connectivity index (χ3v) is 2.95. The largest absolute Gasteiger partial charge is 0.477 e. The molecule has 0 spiro atoms. The highest BCUT2D eigenvalue weighted by Crippen LogP contribution is 2.21. The quantitative estimate of drug-likeness (QED) is 0.640. The Morgan fingerprint density at radius 2 is 2.25 bits per heavy atom. The van der Waals surface area contributed by atoms with Crippen LogP contribution in [-0.4, -0.2) is 46.6 Å². The maximum Gasteiger partial charge on any atom is 0.342 e. The third kappa shape index (κ3) is 2.91. The van der Waals surface area contributed by atoms with Gasteiger partial charge in [-0.05, 0) is 11.6 Å². The van der Waals surface area contributed by atoms with Crippen LogP contribution in [0.5, 0.6) is 0 Å². The van der Waals surface area contributed by atoms with E-state index in [1.807, 2.05) is 0 Å². The lowest BCUT2D eigenvalue weighted by molar-refractivity contribution is -0.385. The van der Waals surface area contributed by atoms with Crippen molar-refractivity contribution in [3.8, 4) is 0 Å². The van der Waals surface area contributed by atoms with Gasteiger partial charge >= 0.3 is 5.97 Å². The monoisotopic (exact) mass is 280 g/mol. The second-order valence-corrected chi connectivity index (χ2v) is 4.28. The van der Waals surface area contributed by atoms with Gasteiger partial charge in [0.15, 0.2) is 0 Å². The van der Waals surface area contributed by atoms with Gasteiger partial charge in [-0.3, -0.25) is 14.9 Å². The maximum atomic E-state index is 11.6. The summed E-state index contributed by atoms with van der Waals surface area (Å²) in [6.07, 6.45) is 0. The van der Waals surface area contributed by atoms with Gasteiger partial charge in [0.05, 0.1) is 11.5 Å². The highest BCUT2D eigenvalue weighted by molar-refractivity contribution is 5.92. The summed E-state index contributed by atoms with van der Waals surface area (Å²) in [5.74, 6) is -1.56. The number of carbonyl (C=O) groups excluding carboxylic acids is 1. The summed E-state index contributed by atoms with van der Waals surface area (Å²) in [7, 11) is 0. The number of amides is 1. The Labute approximate surface area is 113 Å². The van der Waals surface area contributed by atoms with E-state index in [1.54, 1.807) is 0 Å². The van der Waals surface area contributed by atoms with Crippen molar-refractivity contribution >= 4 is 17.6 Å². The van der Waals surface area contributed by atoms with E-state index in [9.17, 15) is 19.7 Å². The lowest BCUT2D eigenvalue weighted by atomic mass is 10.1. The Morgan fingerprint density at radius 1 is 1.50 bits per heavy atom. The molecule has 0 radical (unpaired) electrons. The van der Waals surface area contributed by atoms with Gasteiger partial charge < -0.3 is 14.7 Å². The lowest BCUT2D eigenvalue weighted by Gasteiger charge is -2.26. The molecule has 0 unspecified atom stereocenters. The fraction of sp³-hybridized carbons (Fsp3) is 0.333. The number of carboxylic acids is 1. The summed E-state index contributed by atoms with van der Waals surface area (Å²) in [4.78, 5) is 34.1. The molecular formula is C12H12N2O6. The molecule has 1 fully saturated rings. The van der Waals surface area contributed by atoms with E-state index in [0.717, 1.165) is 6.07 Å². The van der Waals surface area contributed by atoms with Crippen molar-refractivity contribution in [2.24, 2.45) is 0 Å². The van der Waals surface area contributed by atoms with Crippen LogP contribution < -0.4 is 0 Å². The van der Waals surface area contributed by atoms with E-state index >= 15 is 0 Å². The van der Waals surface area contributed by atoms with E-state index in [0.29, 0.717) is 18.7 Å². The van der Waals surface area contributed by atoms with Crippen molar-refractivity contribution < 1.29 is 24.4 Å². The first-order valence-electron chi connectivity index (χ1n) is 5.85. The molecule has 0 saturated carbocycles. The number of nitro benzene ring substituents is 1. The molecule has 1 aliphatic rings. The van der Waals surface area contributed by atoms with Gasteiger partial charge in [-0.15, -0.1) is 0 Å². The molecule has 1 aromatic rings. The number of carbonyl (C=O) groups is 2. The fourth-order valence-corrected chi connectivity index (χ4v) is 1.95. The van der Waals surface area contributed by atoms with E-state index in [1.165, 1.54) is 17.0 Å². The Bertz CT molecular complexity index is 571. The number of nitro groups is 1. The summed E-state index contributed by atoms with van der Waals surface area (Å²) in [6, 6.07) is 3.82. The molecule has 1 N–H and O–H groups in total. The van der Waals surface area contributed by atoms with E-state index in [-0.39, 0.29) is 24.6 Å². The molecule has 1 aromatic carbocycles. The van der Waals surface area contributed by atoms with Crippen LogP contribution in [0.25, 0.3) is 0 Å². The van der Waals surface area contributed by atoms with Crippen LogP contribution in [0.1, 0.15) is 15.9 Å². The Hall–Kier alpha value is -2.48. The van der Waals surface area contributed by atoms with Crippen LogP contribution >= 0.6 is 0 Å². The standard InChI is InChI=1S/C12H12N2O6/c15-11-7-20-4-3-13(11)6-8-1-2-10(14(18)19)9(5-8)12(16)17/h1-2,5H,3-4,6-7H2,(H,16,17). The van der Waals surface area contributed by atoms with Crippen molar-refractivity contribution in [1.29, 1.82) is 0 Å². The number of carboxylic acid groups (broad SMARTS) is 1. The maximum absolute atomic E-state index is 11.6. The highest BCUT2D eigenvalue weighted by atomic mass is 16.6. The number of ether oxygens (including phenoxy) is 1. The lowest BCUT2D eigenvalue weighted by Crippen LogP contribution is -2.40. The minimum absolute atomic E-state index is 0.00122. The van der Waals surface area contributed by atoms with Crippen molar-refractivity contribution in [2.75, 3.05) is 19.8 Å². The van der Waals surface area contributed by atoms with Gasteiger partial charge in [0.1, 0.15) is 12.2 Å². The summed E-state index contributed by atoms with van der Waals surface area (Å²) in [5.41, 5.74) is -0.314. The average Bonchev–Trinajstić information content (AvgIpc) is 2.41. The van der Waals surface area contributed by atoms with Gasteiger partial charge in [-0.2, -0.15) is 0 Å². The minimum atomic E-state index is -1.37. The van der Waals surface area contributed by atoms with Crippen LogP contribution in [-0.2, 0) is 16.1 Å². The van der Waals surface area contributed by atoms with Gasteiger partial charge in [0, 0.05) is 19.2 Å². The predicted octanol–water partition coefficient (Wildman–Crippen LogP) is 0.652. The van der Waals surface area contributed by atoms with Gasteiger partial charge in [0.25, 0.3) is 5.69 Å². The van der Waals surface area contributed by atoms with E-state index in [4.69, 9.17) is 9.84 Å². The number of hydrogen-bond acceptors (Lipinski definition) is 5. The molecule has 8 nitrogen and oxygen atoms in total. The highest BCUT2D eigenvalue weighted by Gasteiger charge is 2.22. The molecule has 2 rings (SSSR count). The van der Waals surface area contributed by atoms with E-state index < -0.39 is 16.6 Å². The van der Waals surface area contributed by atoms with Crippen LogP contribution in [0.2, 0.25) is 0 Å². The average molecular weight is 280 g/mol. The number of hydrogen-bond donors (Lipinski definition) is 1. The molecule has 1 saturated heterocycles. The second kappa shape index (κ2) is 5.66. The number of morpholine rings is 1. The fourth-order valence-electron chi connectivity index (χ4n) is 1.95. The summed E-state index contributed by atoms with van der Waals surface area (Å²) in [6.45, 7) is 1.04. The molecule has 0 aliphatic carbocycles. The Kier molecular flexibility index (Phi) is 3.94. The molecule has 20 heavy (non-hydrogen) atoms. The van der Waals surface area contributed by atoms with Crippen molar-refractivity contribution in [3.63, 3.8) is 0 Å². The number of benzene rings is 1. The molecule has 0 aromatic heterocycles. The normalized spacial score (nSPS) is 15.2. The smallest absolute Gasteiger partial charge is 0.342 e. The number of nitrogens with zero attached hydrogens (tertiary/aromatic N) is 2. The first-order valence-corrected chi connectivity index (χ1v) is 5.85. The first kappa shape index (κ1) is 13.9. The zero-order chi connectivity index (χ0) is 14.7. The van der Waals surface area contributed by atoms with Crippen LogP contribution in [0.15, 0.2) is 18.2 Å². The van der Waals surface area contributed by atoms with Crippen LogP contribution in [0.3, 0.4) is 0 Å². The molecule has 1 amide bonds. The van der Waals surface area contributed by atoms with Crippen LogP contribution in [0, 0.1) is 10.1 Å². The molecular weight excluding hydrogens is 268 g/mol. The third-order valence-electron chi connectivity index (χ3n) is 2.95. The first-order chi connectivity index (χ1) is 9.49. The molecule has 1 aliphatic heterocycles. The summed E-state index contributed by atoms with van der Waals surface area (Å²) < 4.78 is 4.99.